The summed E-state index contributed by atoms with van der Waals surface area (Å²) in [6.07, 6.45) is 4.89. The van der Waals surface area contributed by atoms with E-state index in [2.05, 4.69) is 25.7 Å². The lowest BCUT2D eigenvalue weighted by molar-refractivity contribution is -0.118. The van der Waals surface area contributed by atoms with Crippen molar-refractivity contribution in [3.63, 3.8) is 0 Å². The van der Waals surface area contributed by atoms with Gasteiger partial charge in [0.2, 0.25) is 0 Å². The Morgan fingerprint density at radius 2 is 1.86 bits per heavy atom. The molecule has 0 saturated carbocycles. The number of aromatic nitrogens is 4. The predicted octanol–water partition coefficient (Wildman–Crippen LogP) is 4.24. The molecule has 1 amide bonds. The highest BCUT2D eigenvalue weighted by atomic mass is 35.5. The van der Waals surface area contributed by atoms with Gasteiger partial charge in [-0.3, -0.25) is 14.3 Å². The first-order valence-corrected chi connectivity index (χ1v) is 11.7. The van der Waals surface area contributed by atoms with Crippen molar-refractivity contribution >= 4 is 35.5 Å². The highest BCUT2D eigenvalue weighted by Gasteiger charge is 2.17. The molecule has 4 aromatic rings. The standard InChI is InChI=1S/C24H21ClN6O3S/c1-33-20-8-3-17(21(13-20)34-2)14-27-28-22(32)15-35-24-30-29-23(16-9-11-26-12-10-16)31(24)19-6-4-18(25)5-7-19/h3-14H,15H2,1-2H3,(H,28,32)/b27-14+. The second-order valence-electron chi connectivity index (χ2n) is 7.04. The van der Waals surface area contributed by atoms with Crippen molar-refractivity contribution in [1.82, 2.24) is 25.2 Å². The van der Waals surface area contributed by atoms with E-state index < -0.39 is 0 Å². The number of nitrogens with zero attached hydrogens (tertiary/aromatic N) is 5. The molecule has 2 aromatic heterocycles. The Hall–Kier alpha value is -3.89. The van der Waals surface area contributed by atoms with Gasteiger partial charge in [-0.1, -0.05) is 23.4 Å². The van der Waals surface area contributed by atoms with Gasteiger partial charge in [0.25, 0.3) is 5.91 Å². The van der Waals surface area contributed by atoms with Crippen LogP contribution in [-0.4, -0.2) is 51.8 Å². The van der Waals surface area contributed by atoms with Gasteiger partial charge in [0.1, 0.15) is 11.5 Å². The fraction of sp³-hybridized carbons (Fsp3) is 0.125. The van der Waals surface area contributed by atoms with E-state index in [1.165, 1.54) is 18.0 Å². The topological polar surface area (TPSA) is 104 Å². The molecule has 35 heavy (non-hydrogen) atoms. The van der Waals surface area contributed by atoms with Crippen molar-refractivity contribution in [2.45, 2.75) is 5.16 Å². The van der Waals surface area contributed by atoms with Crippen molar-refractivity contribution in [2.75, 3.05) is 20.0 Å². The normalized spacial score (nSPS) is 10.9. The SMILES string of the molecule is COc1ccc(/C=N/NC(=O)CSc2nnc(-c3ccncc3)n2-c2ccc(Cl)cc2)c(OC)c1. The van der Waals surface area contributed by atoms with Crippen LogP contribution in [0.3, 0.4) is 0 Å². The Bertz CT molecular complexity index is 1330. The third-order valence-corrected chi connectivity index (χ3v) is 6.00. The largest absolute Gasteiger partial charge is 0.497 e. The fourth-order valence-corrected chi connectivity index (χ4v) is 4.01. The number of hydrogen-bond acceptors (Lipinski definition) is 8. The molecule has 0 aliphatic carbocycles. The number of benzene rings is 2. The van der Waals surface area contributed by atoms with E-state index >= 15 is 0 Å². The molecule has 0 fully saturated rings. The van der Waals surface area contributed by atoms with E-state index in [1.54, 1.807) is 56.9 Å². The second-order valence-corrected chi connectivity index (χ2v) is 8.42. The molecule has 4 rings (SSSR count). The predicted molar refractivity (Wildman–Crippen MR) is 136 cm³/mol. The highest BCUT2D eigenvalue weighted by molar-refractivity contribution is 7.99. The van der Waals surface area contributed by atoms with Gasteiger partial charge in [0.15, 0.2) is 11.0 Å². The molecule has 11 heteroatoms. The van der Waals surface area contributed by atoms with Crippen LogP contribution in [0.15, 0.2) is 77.2 Å². The van der Waals surface area contributed by atoms with Crippen molar-refractivity contribution in [1.29, 1.82) is 0 Å². The third-order valence-electron chi connectivity index (χ3n) is 4.82. The van der Waals surface area contributed by atoms with Crippen LogP contribution < -0.4 is 14.9 Å². The molecule has 0 aliphatic heterocycles. The molecule has 0 bridgehead atoms. The van der Waals surface area contributed by atoms with Crippen LogP contribution >= 0.6 is 23.4 Å². The van der Waals surface area contributed by atoms with Gasteiger partial charge < -0.3 is 9.47 Å². The minimum absolute atomic E-state index is 0.0825. The molecule has 2 heterocycles. The van der Waals surface area contributed by atoms with E-state index in [4.69, 9.17) is 21.1 Å². The van der Waals surface area contributed by atoms with Crippen LogP contribution in [-0.2, 0) is 4.79 Å². The summed E-state index contributed by atoms with van der Waals surface area (Å²) in [5, 5.41) is 13.9. The lowest BCUT2D eigenvalue weighted by Gasteiger charge is -2.10. The molecule has 2 aromatic carbocycles. The number of ether oxygens (including phenoxy) is 2. The smallest absolute Gasteiger partial charge is 0.250 e. The van der Waals surface area contributed by atoms with E-state index in [0.29, 0.717) is 33.1 Å². The van der Waals surface area contributed by atoms with Gasteiger partial charge in [-0.25, -0.2) is 5.43 Å². The third kappa shape index (κ3) is 5.97. The first-order valence-electron chi connectivity index (χ1n) is 10.4. The number of amides is 1. The molecule has 0 aliphatic rings. The number of thioether (sulfide) groups is 1. The van der Waals surface area contributed by atoms with E-state index in [1.807, 2.05) is 28.8 Å². The van der Waals surface area contributed by atoms with Crippen LogP contribution in [0.1, 0.15) is 5.56 Å². The van der Waals surface area contributed by atoms with Gasteiger partial charge >= 0.3 is 0 Å². The number of nitrogens with one attached hydrogen (secondary N) is 1. The van der Waals surface area contributed by atoms with Crippen molar-refractivity contribution in [3.8, 4) is 28.6 Å². The van der Waals surface area contributed by atoms with Gasteiger partial charge in [0, 0.05) is 40.3 Å². The number of rotatable bonds is 9. The summed E-state index contributed by atoms with van der Waals surface area (Å²) in [7, 11) is 3.13. The minimum Gasteiger partial charge on any atom is -0.497 e. The van der Waals surface area contributed by atoms with Crippen molar-refractivity contribution in [2.24, 2.45) is 5.10 Å². The maximum Gasteiger partial charge on any atom is 0.250 e. The zero-order chi connectivity index (χ0) is 24.6. The Labute approximate surface area is 211 Å². The molecule has 0 spiro atoms. The second kappa shape index (κ2) is 11.5. The monoisotopic (exact) mass is 508 g/mol. The number of methoxy groups -OCH3 is 2. The van der Waals surface area contributed by atoms with Gasteiger partial charge in [-0.15, -0.1) is 10.2 Å². The molecule has 0 unspecified atom stereocenters. The Balaban J connectivity index is 1.48. The maximum absolute atomic E-state index is 12.5. The molecule has 9 nitrogen and oxygen atoms in total. The number of carbonyl (C=O) groups is 1. The zero-order valence-corrected chi connectivity index (χ0v) is 20.5. The number of halogens is 1. The maximum atomic E-state index is 12.5. The number of carbonyl (C=O) groups excluding carboxylic acids is 1. The summed E-state index contributed by atoms with van der Waals surface area (Å²) in [6.45, 7) is 0. The Morgan fingerprint density at radius 3 is 2.57 bits per heavy atom. The van der Waals surface area contributed by atoms with Crippen LogP contribution in [0.4, 0.5) is 0 Å². The molecule has 178 valence electrons. The highest BCUT2D eigenvalue weighted by Crippen LogP contribution is 2.28. The summed E-state index contributed by atoms with van der Waals surface area (Å²) < 4.78 is 12.4. The lowest BCUT2D eigenvalue weighted by atomic mass is 10.2. The number of hydrazone groups is 1. The molecule has 0 radical (unpaired) electrons. The summed E-state index contributed by atoms with van der Waals surface area (Å²) in [5.74, 6) is 1.66. The number of pyridine rings is 1. The quantitative estimate of drug-likeness (QED) is 0.205. The van der Waals surface area contributed by atoms with Crippen LogP contribution in [0, 0.1) is 0 Å². The molecule has 0 saturated heterocycles. The Kier molecular flexibility index (Phi) is 7.96. The zero-order valence-electron chi connectivity index (χ0n) is 18.9. The molecule has 0 atom stereocenters. The first-order chi connectivity index (χ1) is 17.1. The Morgan fingerprint density at radius 1 is 1.09 bits per heavy atom. The molecular formula is C24H21ClN6O3S. The van der Waals surface area contributed by atoms with E-state index in [-0.39, 0.29) is 11.7 Å². The van der Waals surface area contributed by atoms with Crippen LogP contribution in [0.2, 0.25) is 5.02 Å². The summed E-state index contributed by atoms with van der Waals surface area (Å²) in [6, 6.07) is 16.3. The van der Waals surface area contributed by atoms with Crippen molar-refractivity contribution in [3.05, 3.63) is 77.6 Å². The van der Waals surface area contributed by atoms with Crippen LogP contribution in [0.25, 0.3) is 17.1 Å². The lowest BCUT2D eigenvalue weighted by Crippen LogP contribution is -2.20. The fourth-order valence-electron chi connectivity index (χ4n) is 3.14. The van der Waals surface area contributed by atoms with Gasteiger partial charge in [0.05, 0.1) is 26.2 Å². The van der Waals surface area contributed by atoms with Crippen molar-refractivity contribution < 1.29 is 14.3 Å². The van der Waals surface area contributed by atoms with Gasteiger partial charge in [-0.05, 0) is 48.5 Å². The van der Waals surface area contributed by atoms with E-state index in [9.17, 15) is 4.79 Å². The summed E-state index contributed by atoms with van der Waals surface area (Å²) in [5.41, 5.74) is 4.89. The molecule has 1 N–H and O–H groups in total. The summed E-state index contributed by atoms with van der Waals surface area (Å²) >= 11 is 7.31. The average molecular weight is 509 g/mol. The summed E-state index contributed by atoms with van der Waals surface area (Å²) in [4.78, 5) is 16.5. The minimum atomic E-state index is -0.296. The van der Waals surface area contributed by atoms with E-state index in [0.717, 1.165) is 11.3 Å². The van der Waals surface area contributed by atoms with Gasteiger partial charge in [-0.2, -0.15) is 5.10 Å². The van der Waals surface area contributed by atoms with Crippen LogP contribution in [0.5, 0.6) is 11.5 Å². The average Bonchev–Trinajstić information content (AvgIpc) is 3.32. The number of hydrogen-bond donors (Lipinski definition) is 1. The first kappa shape index (κ1) is 24.2. The molecular weight excluding hydrogens is 488 g/mol.